The van der Waals surface area contributed by atoms with Crippen molar-refractivity contribution >= 4 is 5.71 Å². The zero-order chi connectivity index (χ0) is 20.8. The molecule has 2 N–H and O–H groups in total. The summed E-state index contributed by atoms with van der Waals surface area (Å²) in [4.78, 5) is 0. The highest BCUT2D eigenvalue weighted by atomic mass is 15.1. The lowest BCUT2D eigenvalue weighted by molar-refractivity contribution is -0.114. The van der Waals surface area contributed by atoms with Gasteiger partial charge in [-0.1, -0.05) is 40.2 Å². The highest BCUT2D eigenvalue weighted by Crippen LogP contribution is 2.68. The Kier molecular flexibility index (Phi) is 5.95. The van der Waals surface area contributed by atoms with Crippen molar-refractivity contribution in [3.63, 3.8) is 0 Å². The average molecular weight is 399 g/mol. The van der Waals surface area contributed by atoms with Crippen LogP contribution in [0.15, 0.2) is 17.3 Å². The first-order chi connectivity index (χ1) is 13.8. The van der Waals surface area contributed by atoms with Gasteiger partial charge in [0, 0.05) is 0 Å². The smallest absolute Gasteiger partial charge is 0.0623 e. The molecule has 4 aliphatic rings. The zero-order valence-corrected chi connectivity index (χ0v) is 19.7. The molecular weight excluding hydrogens is 352 g/mol. The lowest BCUT2D eigenvalue weighted by atomic mass is 9.44. The van der Waals surface area contributed by atoms with Crippen molar-refractivity contribution in [2.24, 2.45) is 57.3 Å². The summed E-state index contributed by atoms with van der Waals surface area (Å²) in [5.41, 5.74) is 3.29. The molecular formula is C27H46N2. The number of hydrogen-bond donors (Lipinski definition) is 1. The number of nitrogens with two attached hydrogens (primary N) is 1. The van der Waals surface area contributed by atoms with Gasteiger partial charge in [0.1, 0.15) is 0 Å². The van der Waals surface area contributed by atoms with E-state index in [2.05, 4.69) is 32.5 Å². The Hall–Kier alpha value is -0.790. The summed E-state index contributed by atoms with van der Waals surface area (Å²) in [5.74, 6) is 11.3. The summed E-state index contributed by atoms with van der Waals surface area (Å²) < 4.78 is 0. The second kappa shape index (κ2) is 8.04. The molecule has 29 heavy (non-hydrogen) atoms. The molecule has 4 aliphatic carbocycles. The standard InChI is InChI=1S/C27H46N2/c1-18(2)25(29-28)14-9-19(3)22-12-13-23-21-11-10-20-8-6-7-16-26(20,4)24(21)15-17-27(22,23)5/h19-24H,1,6-17,28H2,2-5H3/t19-,20?,21+,22-,23+,24+,26+,27-/m1/s1. The number of hydrogen-bond acceptors (Lipinski definition) is 2. The van der Waals surface area contributed by atoms with Crippen LogP contribution >= 0.6 is 0 Å². The molecule has 164 valence electrons. The molecule has 0 spiro atoms. The first-order valence-electron chi connectivity index (χ1n) is 12.7. The second-order valence-electron chi connectivity index (χ2n) is 12.0. The first kappa shape index (κ1) is 21.4. The molecule has 0 heterocycles. The van der Waals surface area contributed by atoms with Crippen molar-refractivity contribution in [3.8, 4) is 0 Å². The van der Waals surface area contributed by atoms with E-state index >= 15 is 0 Å². The van der Waals surface area contributed by atoms with Crippen molar-refractivity contribution < 1.29 is 0 Å². The first-order valence-corrected chi connectivity index (χ1v) is 12.7. The molecule has 0 aromatic carbocycles. The Labute approximate surface area is 180 Å². The van der Waals surface area contributed by atoms with Crippen LogP contribution in [0, 0.1) is 46.3 Å². The summed E-state index contributed by atoms with van der Waals surface area (Å²) in [6, 6.07) is 0. The zero-order valence-electron chi connectivity index (χ0n) is 19.7. The van der Waals surface area contributed by atoms with E-state index in [1.807, 2.05) is 6.92 Å². The van der Waals surface area contributed by atoms with Gasteiger partial charge in [-0.25, -0.2) is 0 Å². The van der Waals surface area contributed by atoms with Gasteiger partial charge in [0.2, 0.25) is 0 Å². The fraction of sp³-hybridized carbons (Fsp3) is 0.889. The van der Waals surface area contributed by atoms with Gasteiger partial charge < -0.3 is 5.84 Å². The van der Waals surface area contributed by atoms with Crippen LogP contribution in [0.5, 0.6) is 0 Å². The third-order valence-corrected chi connectivity index (χ3v) is 10.8. The third kappa shape index (κ3) is 3.51. The minimum Gasteiger partial charge on any atom is -0.323 e. The number of allylic oxidation sites excluding steroid dienone is 1. The van der Waals surface area contributed by atoms with Crippen molar-refractivity contribution in [1.29, 1.82) is 0 Å². The van der Waals surface area contributed by atoms with Crippen LogP contribution in [0.25, 0.3) is 0 Å². The molecule has 8 atom stereocenters. The molecule has 2 nitrogen and oxygen atoms in total. The van der Waals surface area contributed by atoms with Crippen LogP contribution < -0.4 is 5.84 Å². The topological polar surface area (TPSA) is 38.4 Å². The molecule has 2 heteroatoms. The van der Waals surface area contributed by atoms with Gasteiger partial charge >= 0.3 is 0 Å². The van der Waals surface area contributed by atoms with E-state index in [0.29, 0.717) is 10.8 Å². The predicted molar refractivity (Wildman–Crippen MR) is 125 cm³/mol. The summed E-state index contributed by atoms with van der Waals surface area (Å²) >= 11 is 0. The van der Waals surface area contributed by atoms with Gasteiger partial charge in [0.15, 0.2) is 0 Å². The normalized spacial score (nSPS) is 45.8. The minimum absolute atomic E-state index is 0.571. The molecule has 0 saturated heterocycles. The monoisotopic (exact) mass is 398 g/mol. The molecule has 0 aliphatic heterocycles. The van der Waals surface area contributed by atoms with Gasteiger partial charge in [-0.05, 0) is 123 Å². The Morgan fingerprint density at radius 1 is 1.00 bits per heavy atom. The molecule has 0 amide bonds. The van der Waals surface area contributed by atoms with Crippen LogP contribution in [0.1, 0.15) is 105 Å². The molecule has 4 saturated carbocycles. The van der Waals surface area contributed by atoms with Gasteiger partial charge in [-0.15, -0.1) is 0 Å². The fourth-order valence-corrected chi connectivity index (χ4v) is 9.22. The van der Waals surface area contributed by atoms with Crippen LogP contribution in [-0.4, -0.2) is 5.71 Å². The summed E-state index contributed by atoms with van der Waals surface area (Å²) in [5, 5.41) is 4.00. The predicted octanol–water partition coefficient (Wildman–Crippen LogP) is 7.34. The quantitative estimate of drug-likeness (QED) is 0.293. The lowest BCUT2D eigenvalue weighted by Gasteiger charge is -2.61. The number of hydrazone groups is 1. The largest absolute Gasteiger partial charge is 0.323 e. The Morgan fingerprint density at radius 3 is 2.48 bits per heavy atom. The fourth-order valence-electron chi connectivity index (χ4n) is 9.22. The highest BCUT2D eigenvalue weighted by Gasteiger charge is 2.60. The Balaban J connectivity index is 1.47. The van der Waals surface area contributed by atoms with Gasteiger partial charge in [-0.3, -0.25) is 0 Å². The molecule has 0 aromatic heterocycles. The van der Waals surface area contributed by atoms with E-state index in [1.165, 1.54) is 70.6 Å². The summed E-state index contributed by atoms with van der Waals surface area (Å²) in [6.07, 6.45) is 17.2. The van der Waals surface area contributed by atoms with Crippen molar-refractivity contribution in [1.82, 2.24) is 0 Å². The summed E-state index contributed by atoms with van der Waals surface area (Å²) in [6.45, 7) is 14.0. The highest BCUT2D eigenvalue weighted by molar-refractivity contribution is 5.98. The molecule has 4 fully saturated rings. The van der Waals surface area contributed by atoms with Crippen LogP contribution in [0.3, 0.4) is 0 Å². The molecule has 0 aromatic rings. The van der Waals surface area contributed by atoms with Crippen molar-refractivity contribution in [2.75, 3.05) is 0 Å². The van der Waals surface area contributed by atoms with E-state index in [1.54, 1.807) is 0 Å². The van der Waals surface area contributed by atoms with E-state index < -0.39 is 0 Å². The number of rotatable bonds is 5. The van der Waals surface area contributed by atoms with Gasteiger partial charge in [-0.2, -0.15) is 5.10 Å². The van der Waals surface area contributed by atoms with Crippen molar-refractivity contribution in [3.05, 3.63) is 12.2 Å². The number of nitrogens with zero attached hydrogens (tertiary/aromatic N) is 1. The van der Waals surface area contributed by atoms with Gasteiger partial charge in [0.05, 0.1) is 5.71 Å². The molecule has 4 rings (SSSR count). The third-order valence-electron chi connectivity index (χ3n) is 10.8. The maximum Gasteiger partial charge on any atom is 0.0623 e. The number of fused-ring (bicyclic) bond motifs is 5. The molecule has 0 bridgehead atoms. The maximum atomic E-state index is 5.61. The molecule has 1 unspecified atom stereocenters. The Morgan fingerprint density at radius 2 is 1.76 bits per heavy atom. The molecule has 0 radical (unpaired) electrons. The summed E-state index contributed by atoms with van der Waals surface area (Å²) in [7, 11) is 0. The van der Waals surface area contributed by atoms with Crippen LogP contribution in [0.2, 0.25) is 0 Å². The maximum absolute atomic E-state index is 5.61. The van der Waals surface area contributed by atoms with Gasteiger partial charge in [0.25, 0.3) is 0 Å². The van der Waals surface area contributed by atoms with Crippen LogP contribution in [-0.2, 0) is 0 Å². The lowest BCUT2D eigenvalue weighted by Crippen LogP contribution is -2.53. The van der Waals surface area contributed by atoms with E-state index in [-0.39, 0.29) is 0 Å². The average Bonchev–Trinajstić information content (AvgIpc) is 3.05. The van der Waals surface area contributed by atoms with Crippen molar-refractivity contribution in [2.45, 2.75) is 105 Å². The van der Waals surface area contributed by atoms with E-state index in [4.69, 9.17) is 5.84 Å². The SMILES string of the molecule is C=C(C)C(CC[C@@H](C)[C@H]1CC[C@H]2[C@@H]3CCC4CCCC[C@]4(C)[C@H]3CC[C@]12C)=NN. The second-order valence-corrected chi connectivity index (χ2v) is 12.0. The van der Waals surface area contributed by atoms with E-state index in [9.17, 15) is 0 Å². The van der Waals surface area contributed by atoms with Crippen LogP contribution in [0.4, 0.5) is 0 Å². The Bertz CT molecular complexity index is 651. The van der Waals surface area contributed by atoms with E-state index in [0.717, 1.165) is 53.2 Å². The minimum atomic E-state index is 0.571.